The minimum Gasteiger partial charge on any atom is -0.394 e. The monoisotopic (exact) mass is 246 g/mol. The first kappa shape index (κ1) is 12.7. The van der Waals surface area contributed by atoms with E-state index in [0.29, 0.717) is 5.69 Å². The standard InChI is InChI=1S/C10H12ClFN2O2/c1-6(5-15)13-10(16)14-7-2-3-9(12)8(11)4-7/h2-4,6,15H,5H2,1H3,(H2,13,14,16)/t6-/m1/s1. The van der Waals surface area contributed by atoms with Gasteiger partial charge in [-0.3, -0.25) is 0 Å². The summed E-state index contributed by atoms with van der Waals surface area (Å²) < 4.78 is 12.8. The fraction of sp³-hybridized carbons (Fsp3) is 0.300. The number of anilines is 1. The predicted octanol–water partition coefficient (Wildman–Crippen LogP) is 1.98. The van der Waals surface area contributed by atoms with Gasteiger partial charge in [0, 0.05) is 5.69 Å². The van der Waals surface area contributed by atoms with Gasteiger partial charge >= 0.3 is 6.03 Å². The van der Waals surface area contributed by atoms with Crippen LogP contribution in [0.3, 0.4) is 0 Å². The van der Waals surface area contributed by atoms with Crippen LogP contribution in [-0.4, -0.2) is 23.8 Å². The zero-order valence-corrected chi connectivity index (χ0v) is 9.38. The van der Waals surface area contributed by atoms with Gasteiger partial charge in [-0.05, 0) is 25.1 Å². The maximum Gasteiger partial charge on any atom is 0.319 e. The van der Waals surface area contributed by atoms with Crippen LogP contribution in [0.15, 0.2) is 18.2 Å². The lowest BCUT2D eigenvalue weighted by atomic mass is 10.3. The molecular weight excluding hydrogens is 235 g/mol. The lowest BCUT2D eigenvalue weighted by Crippen LogP contribution is -2.38. The number of aliphatic hydroxyl groups excluding tert-OH is 1. The third-order valence-corrected chi connectivity index (χ3v) is 2.12. The SMILES string of the molecule is C[C@H](CO)NC(=O)Nc1ccc(F)c(Cl)c1. The highest BCUT2D eigenvalue weighted by Crippen LogP contribution is 2.19. The number of carbonyl (C=O) groups is 1. The van der Waals surface area contributed by atoms with Gasteiger partial charge in [-0.1, -0.05) is 11.6 Å². The van der Waals surface area contributed by atoms with E-state index in [1.54, 1.807) is 6.92 Å². The number of nitrogens with one attached hydrogen (secondary N) is 2. The van der Waals surface area contributed by atoms with E-state index in [1.165, 1.54) is 12.1 Å². The number of urea groups is 1. The van der Waals surface area contributed by atoms with Gasteiger partial charge in [0.25, 0.3) is 0 Å². The largest absolute Gasteiger partial charge is 0.394 e. The molecule has 0 aliphatic rings. The van der Waals surface area contributed by atoms with E-state index < -0.39 is 11.8 Å². The molecule has 6 heteroatoms. The van der Waals surface area contributed by atoms with Crippen molar-refractivity contribution in [2.45, 2.75) is 13.0 Å². The van der Waals surface area contributed by atoms with E-state index >= 15 is 0 Å². The van der Waals surface area contributed by atoms with Gasteiger partial charge < -0.3 is 15.7 Å². The molecular formula is C10H12ClFN2O2. The molecule has 1 aromatic carbocycles. The number of hydrogen-bond donors (Lipinski definition) is 3. The van der Waals surface area contributed by atoms with Crippen molar-refractivity contribution in [2.75, 3.05) is 11.9 Å². The number of hydrogen-bond acceptors (Lipinski definition) is 2. The number of aliphatic hydroxyl groups is 1. The quantitative estimate of drug-likeness (QED) is 0.764. The van der Waals surface area contributed by atoms with E-state index in [-0.39, 0.29) is 17.7 Å². The Hall–Kier alpha value is -1.33. The second kappa shape index (κ2) is 5.67. The van der Waals surface area contributed by atoms with Crippen LogP contribution in [0, 0.1) is 5.82 Å². The first-order valence-corrected chi connectivity index (χ1v) is 5.04. The molecule has 88 valence electrons. The van der Waals surface area contributed by atoms with Gasteiger partial charge in [-0.25, -0.2) is 9.18 Å². The van der Waals surface area contributed by atoms with Gasteiger partial charge in [0.1, 0.15) is 5.82 Å². The van der Waals surface area contributed by atoms with E-state index in [0.717, 1.165) is 6.07 Å². The molecule has 0 aliphatic heterocycles. The molecule has 1 aromatic rings. The maximum absolute atomic E-state index is 12.8. The summed E-state index contributed by atoms with van der Waals surface area (Å²) in [4.78, 5) is 11.3. The molecule has 1 rings (SSSR count). The summed E-state index contributed by atoms with van der Waals surface area (Å²) in [6.07, 6.45) is 0. The second-order valence-electron chi connectivity index (χ2n) is 3.31. The maximum atomic E-state index is 12.8. The van der Waals surface area contributed by atoms with Crippen LogP contribution in [0.25, 0.3) is 0 Å². The zero-order valence-electron chi connectivity index (χ0n) is 8.63. The van der Waals surface area contributed by atoms with Gasteiger partial charge in [0.2, 0.25) is 0 Å². The molecule has 3 N–H and O–H groups in total. The molecule has 0 unspecified atom stereocenters. The molecule has 0 aliphatic carbocycles. The highest BCUT2D eigenvalue weighted by atomic mass is 35.5. The smallest absolute Gasteiger partial charge is 0.319 e. The Bertz CT molecular complexity index is 387. The Kier molecular flexibility index (Phi) is 4.52. The van der Waals surface area contributed by atoms with Crippen molar-refractivity contribution in [3.63, 3.8) is 0 Å². The molecule has 4 nitrogen and oxygen atoms in total. The molecule has 0 spiro atoms. The minimum absolute atomic E-state index is 0.0620. The van der Waals surface area contributed by atoms with E-state index in [9.17, 15) is 9.18 Å². The lowest BCUT2D eigenvalue weighted by molar-refractivity contribution is 0.229. The third-order valence-electron chi connectivity index (χ3n) is 1.83. The van der Waals surface area contributed by atoms with Crippen molar-refractivity contribution < 1.29 is 14.3 Å². The predicted molar refractivity (Wildman–Crippen MR) is 60.1 cm³/mol. The van der Waals surface area contributed by atoms with E-state index in [1.807, 2.05) is 0 Å². The van der Waals surface area contributed by atoms with Crippen molar-refractivity contribution in [3.05, 3.63) is 29.0 Å². The highest BCUT2D eigenvalue weighted by molar-refractivity contribution is 6.31. The first-order valence-electron chi connectivity index (χ1n) is 4.66. The van der Waals surface area contributed by atoms with Crippen molar-refractivity contribution in [2.24, 2.45) is 0 Å². The van der Waals surface area contributed by atoms with Crippen LogP contribution < -0.4 is 10.6 Å². The average Bonchev–Trinajstić information content (AvgIpc) is 2.23. The summed E-state index contributed by atoms with van der Waals surface area (Å²) in [5.74, 6) is -0.545. The summed E-state index contributed by atoms with van der Waals surface area (Å²) in [6.45, 7) is 1.49. The van der Waals surface area contributed by atoms with Crippen LogP contribution in [-0.2, 0) is 0 Å². The molecule has 16 heavy (non-hydrogen) atoms. The Morgan fingerprint density at radius 3 is 2.88 bits per heavy atom. The normalized spacial score (nSPS) is 12.0. The third kappa shape index (κ3) is 3.67. The summed E-state index contributed by atoms with van der Waals surface area (Å²) in [5.41, 5.74) is 0.383. The summed E-state index contributed by atoms with van der Waals surface area (Å²) in [6, 6.07) is 3.03. The zero-order chi connectivity index (χ0) is 12.1. The van der Waals surface area contributed by atoms with Gasteiger partial charge in [0.05, 0.1) is 17.7 Å². The molecule has 0 radical (unpaired) electrons. The van der Waals surface area contributed by atoms with Gasteiger partial charge in [-0.2, -0.15) is 0 Å². The van der Waals surface area contributed by atoms with Crippen molar-refractivity contribution in [1.29, 1.82) is 0 Å². The van der Waals surface area contributed by atoms with Crippen LogP contribution in [0.5, 0.6) is 0 Å². The molecule has 2 amide bonds. The number of benzene rings is 1. The van der Waals surface area contributed by atoms with E-state index in [4.69, 9.17) is 16.7 Å². The summed E-state index contributed by atoms with van der Waals surface area (Å²) in [7, 11) is 0. The minimum atomic E-state index is -0.545. The fourth-order valence-electron chi connectivity index (χ4n) is 1.01. The second-order valence-corrected chi connectivity index (χ2v) is 3.72. The summed E-state index contributed by atoms with van der Waals surface area (Å²) >= 11 is 5.54. The van der Waals surface area contributed by atoms with Crippen LogP contribution >= 0.6 is 11.6 Å². The highest BCUT2D eigenvalue weighted by Gasteiger charge is 2.07. The number of halogens is 2. The Balaban J connectivity index is 2.59. The Morgan fingerprint density at radius 1 is 1.62 bits per heavy atom. The van der Waals surface area contributed by atoms with Crippen molar-refractivity contribution in [1.82, 2.24) is 5.32 Å². The topological polar surface area (TPSA) is 61.4 Å². The Morgan fingerprint density at radius 2 is 2.31 bits per heavy atom. The first-order chi connectivity index (χ1) is 7.52. The average molecular weight is 247 g/mol. The Labute approximate surface area is 97.4 Å². The van der Waals surface area contributed by atoms with Gasteiger partial charge in [0.15, 0.2) is 0 Å². The van der Waals surface area contributed by atoms with Crippen molar-refractivity contribution >= 4 is 23.3 Å². The van der Waals surface area contributed by atoms with Crippen LogP contribution in [0.4, 0.5) is 14.9 Å². The van der Waals surface area contributed by atoms with Crippen LogP contribution in [0.1, 0.15) is 6.92 Å². The molecule has 0 heterocycles. The fourth-order valence-corrected chi connectivity index (χ4v) is 1.19. The van der Waals surface area contributed by atoms with E-state index in [2.05, 4.69) is 10.6 Å². The lowest BCUT2D eigenvalue weighted by Gasteiger charge is -2.12. The number of rotatable bonds is 3. The molecule has 0 saturated heterocycles. The van der Waals surface area contributed by atoms with Gasteiger partial charge in [-0.15, -0.1) is 0 Å². The van der Waals surface area contributed by atoms with Crippen LogP contribution in [0.2, 0.25) is 5.02 Å². The molecule has 0 aromatic heterocycles. The molecule has 0 fully saturated rings. The molecule has 0 bridgehead atoms. The summed E-state index contributed by atoms with van der Waals surface area (Å²) in [5, 5.41) is 13.6. The number of amides is 2. The number of carbonyl (C=O) groups excluding carboxylic acids is 1. The molecule has 1 atom stereocenters. The molecule has 0 saturated carbocycles. The van der Waals surface area contributed by atoms with Crippen molar-refractivity contribution in [3.8, 4) is 0 Å².